The van der Waals surface area contributed by atoms with Crippen molar-refractivity contribution in [1.82, 2.24) is 0 Å². The van der Waals surface area contributed by atoms with Crippen molar-refractivity contribution in [2.75, 3.05) is 5.75 Å². The Labute approximate surface area is 118 Å². The van der Waals surface area contributed by atoms with Crippen LogP contribution in [0.25, 0.3) is 0 Å². The second-order valence-electron chi connectivity index (χ2n) is 4.33. The molecule has 0 heterocycles. The average molecular weight is 316 g/mol. The third kappa shape index (κ3) is 5.45. The molecule has 1 aromatic carbocycles. The normalized spacial score (nSPS) is 12.7. The Hall–Kier alpha value is 0.01000. The Kier molecular flexibility index (Phi) is 7.24. The van der Waals surface area contributed by atoms with Gasteiger partial charge in [-0.2, -0.15) is 0 Å². The minimum absolute atomic E-state index is 0.273. The molecule has 1 unspecified atom stereocenters. The van der Waals surface area contributed by atoms with Crippen molar-refractivity contribution >= 4 is 27.7 Å². The summed E-state index contributed by atoms with van der Waals surface area (Å²) in [5, 5.41) is 0. The van der Waals surface area contributed by atoms with Crippen LogP contribution in [0.15, 0.2) is 27.6 Å². The Morgan fingerprint density at radius 1 is 1.35 bits per heavy atom. The molecule has 0 aliphatic carbocycles. The molecule has 1 rings (SSSR count). The molecule has 0 aliphatic rings. The topological polar surface area (TPSA) is 26.0 Å². The fourth-order valence-electron chi connectivity index (χ4n) is 1.60. The highest BCUT2D eigenvalue weighted by Crippen LogP contribution is 2.27. The maximum Gasteiger partial charge on any atom is 0.0178 e. The summed E-state index contributed by atoms with van der Waals surface area (Å²) in [5.74, 6) is 1.20. The molecule has 0 spiro atoms. The summed E-state index contributed by atoms with van der Waals surface area (Å²) in [6.07, 6.45) is 4.54. The van der Waals surface area contributed by atoms with Crippen LogP contribution in [0, 0.1) is 0 Å². The molecular formula is C14H22BrNS. The van der Waals surface area contributed by atoms with Gasteiger partial charge >= 0.3 is 0 Å². The van der Waals surface area contributed by atoms with Crippen molar-refractivity contribution in [2.45, 2.75) is 50.5 Å². The van der Waals surface area contributed by atoms with Gasteiger partial charge in [0.2, 0.25) is 0 Å². The average Bonchev–Trinajstić information content (AvgIpc) is 2.32. The minimum Gasteiger partial charge on any atom is -0.327 e. The molecule has 1 nitrogen and oxygen atoms in total. The van der Waals surface area contributed by atoms with Crippen molar-refractivity contribution in [2.24, 2.45) is 5.73 Å². The van der Waals surface area contributed by atoms with Gasteiger partial charge in [0.25, 0.3) is 0 Å². The van der Waals surface area contributed by atoms with Crippen molar-refractivity contribution in [3.05, 3.63) is 28.2 Å². The van der Waals surface area contributed by atoms with Crippen LogP contribution < -0.4 is 5.73 Å². The van der Waals surface area contributed by atoms with Crippen LogP contribution in [0.4, 0.5) is 0 Å². The molecule has 3 heteroatoms. The molecule has 0 aliphatic heterocycles. The van der Waals surface area contributed by atoms with Gasteiger partial charge in [-0.1, -0.05) is 36.2 Å². The summed E-state index contributed by atoms with van der Waals surface area (Å²) < 4.78 is 1.15. The zero-order valence-electron chi connectivity index (χ0n) is 10.7. The molecular weight excluding hydrogens is 294 g/mol. The maximum absolute atomic E-state index is 6.05. The fourth-order valence-corrected chi connectivity index (χ4v) is 3.15. The largest absolute Gasteiger partial charge is 0.327 e. The van der Waals surface area contributed by atoms with E-state index in [-0.39, 0.29) is 6.04 Å². The Morgan fingerprint density at radius 2 is 2.12 bits per heavy atom. The predicted molar refractivity (Wildman–Crippen MR) is 81.7 cm³/mol. The first-order chi connectivity index (χ1) is 8.17. The number of rotatable bonds is 7. The second-order valence-corrected chi connectivity index (χ2v) is 6.38. The molecule has 2 N–H and O–H groups in total. The summed E-state index contributed by atoms with van der Waals surface area (Å²) in [4.78, 5) is 1.39. The van der Waals surface area contributed by atoms with Crippen LogP contribution in [-0.2, 0) is 6.42 Å². The van der Waals surface area contributed by atoms with Gasteiger partial charge in [-0.05, 0) is 48.8 Å². The SMILES string of the molecule is CCCCSc1ccc(Br)cc1CC(N)CC. The molecule has 0 saturated heterocycles. The van der Waals surface area contributed by atoms with Gasteiger partial charge in [0, 0.05) is 15.4 Å². The van der Waals surface area contributed by atoms with E-state index in [0.29, 0.717) is 0 Å². The predicted octanol–water partition coefficient (Wildman–Crippen LogP) is 4.62. The zero-order valence-corrected chi connectivity index (χ0v) is 13.1. The first-order valence-electron chi connectivity index (χ1n) is 6.34. The van der Waals surface area contributed by atoms with Crippen LogP contribution >= 0.6 is 27.7 Å². The quantitative estimate of drug-likeness (QED) is 0.587. The standard InChI is InChI=1S/C14H22BrNS/c1-3-5-8-17-14-7-6-12(15)9-11(14)10-13(16)4-2/h6-7,9,13H,3-5,8,10,16H2,1-2H3. The van der Waals surface area contributed by atoms with E-state index in [9.17, 15) is 0 Å². The first kappa shape index (κ1) is 15.1. The first-order valence-corrected chi connectivity index (χ1v) is 8.12. The van der Waals surface area contributed by atoms with Crippen LogP contribution in [0.1, 0.15) is 38.7 Å². The van der Waals surface area contributed by atoms with Gasteiger partial charge in [-0.3, -0.25) is 0 Å². The number of hydrogen-bond acceptors (Lipinski definition) is 2. The highest BCUT2D eigenvalue weighted by atomic mass is 79.9. The fraction of sp³-hybridized carbons (Fsp3) is 0.571. The number of unbranched alkanes of at least 4 members (excludes halogenated alkanes) is 1. The Bertz CT molecular complexity index is 341. The molecule has 0 amide bonds. The van der Waals surface area contributed by atoms with Crippen molar-refractivity contribution < 1.29 is 0 Å². The van der Waals surface area contributed by atoms with Gasteiger partial charge in [-0.15, -0.1) is 11.8 Å². The number of halogens is 1. The summed E-state index contributed by atoms with van der Waals surface area (Å²) in [6.45, 7) is 4.38. The molecule has 1 aromatic rings. The van der Waals surface area contributed by atoms with Gasteiger partial charge in [0.15, 0.2) is 0 Å². The van der Waals surface area contributed by atoms with Gasteiger partial charge in [0.05, 0.1) is 0 Å². The molecule has 1 atom stereocenters. The van der Waals surface area contributed by atoms with Crippen LogP contribution in [0.3, 0.4) is 0 Å². The molecule has 0 bridgehead atoms. The number of hydrogen-bond donors (Lipinski definition) is 1. The maximum atomic E-state index is 6.05. The highest BCUT2D eigenvalue weighted by molar-refractivity contribution is 9.10. The van der Waals surface area contributed by atoms with Gasteiger partial charge in [-0.25, -0.2) is 0 Å². The van der Waals surface area contributed by atoms with Gasteiger partial charge < -0.3 is 5.73 Å². The van der Waals surface area contributed by atoms with E-state index in [4.69, 9.17) is 5.73 Å². The van der Waals surface area contributed by atoms with Crippen molar-refractivity contribution in [1.29, 1.82) is 0 Å². The third-order valence-electron chi connectivity index (χ3n) is 2.78. The number of benzene rings is 1. The lowest BCUT2D eigenvalue weighted by molar-refractivity contribution is 0.641. The van der Waals surface area contributed by atoms with Crippen LogP contribution in [0.2, 0.25) is 0 Å². The Balaban J connectivity index is 2.72. The lowest BCUT2D eigenvalue weighted by Crippen LogP contribution is -2.21. The lowest BCUT2D eigenvalue weighted by atomic mass is 10.1. The molecule has 96 valence electrons. The number of thioether (sulfide) groups is 1. The molecule has 0 aromatic heterocycles. The summed E-state index contributed by atoms with van der Waals surface area (Å²) in [5.41, 5.74) is 7.44. The van der Waals surface area contributed by atoms with Gasteiger partial charge in [0.1, 0.15) is 0 Å². The van der Waals surface area contributed by atoms with Crippen molar-refractivity contribution in [3.63, 3.8) is 0 Å². The Morgan fingerprint density at radius 3 is 2.76 bits per heavy atom. The van der Waals surface area contributed by atoms with Crippen molar-refractivity contribution in [3.8, 4) is 0 Å². The van der Waals surface area contributed by atoms with Crippen LogP contribution in [0.5, 0.6) is 0 Å². The summed E-state index contributed by atoms with van der Waals surface area (Å²) in [7, 11) is 0. The van der Waals surface area contributed by atoms with E-state index in [1.54, 1.807) is 0 Å². The molecule has 0 radical (unpaired) electrons. The third-order valence-corrected chi connectivity index (χ3v) is 4.48. The van der Waals surface area contributed by atoms with E-state index < -0.39 is 0 Å². The van der Waals surface area contributed by atoms with E-state index in [1.165, 1.54) is 29.1 Å². The molecule has 0 fully saturated rings. The number of nitrogens with two attached hydrogens (primary N) is 1. The van der Waals surface area contributed by atoms with E-state index in [0.717, 1.165) is 17.3 Å². The summed E-state index contributed by atoms with van der Waals surface area (Å²) >= 11 is 5.50. The minimum atomic E-state index is 0.273. The zero-order chi connectivity index (χ0) is 12.7. The van der Waals surface area contributed by atoms with E-state index >= 15 is 0 Å². The smallest absolute Gasteiger partial charge is 0.0178 e. The van der Waals surface area contributed by atoms with E-state index in [2.05, 4.69) is 48.0 Å². The lowest BCUT2D eigenvalue weighted by Gasteiger charge is -2.13. The highest BCUT2D eigenvalue weighted by Gasteiger charge is 2.08. The monoisotopic (exact) mass is 315 g/mol. The molecule has 17 heavy (non-hydrogen) atoms. The summed E-state index contributed by atoms with van der Waals surface area (Å²) in [6, 6.07) is 6.82. The van der Waals surface area contributed by atoms with Crippen LogP contribution in [-0.4, -0.2) is 11.8 Å². The molecule has 0 saturated carbocycles. The van der Waals surface area contributed by atoms with E-state index in [1.807, 2.05) is 11.8 Å². The second kappa shape index (κ2) is 8.17.